The van der Waals surface area contributed by atoms with Crippen LogP contribution in [0.25, 0.3) is 0 Å². The van der Waals surface area contributed by atoms with E-state index in [4.69, 9.17) is 23.2 Å². The lowest BCUT2D eigenvalue weighted by molar-refractivity contribution is 0.145. The third kappa shape index (κ3) is 3.45. The van der Waals surface area contributed by atoms with Gasteiger partial charge >= 0.3 is 0 Å². The zero-order valence-corrected chi connectivity index (χ0v) is 13.1. The van der Waals surface area contributed by atoms with Gasteiger partial charge in [-0.05, 0) is 50.8 Å². The van der Waals surface area contributed by atoms with Gasteiger partial charge in [0, 0.05) is 24.7 Å². The number of hydrogen-bond donors (Lipinski definition) is 1. The quantitative estimate of drug-likeness (QED) is 0.867. The number of nitrogens with zero attached hydrogens (tertiary/aromatic N) is 2. The highest BCUT2D eigenvalue weighted by Crippen LogP contribution is 2.27. The molecule has 0 bridgehead atoms. The first-order valence-electron chi connectivity index (χ1n) is 7.49. The molecule has 1 aromatic heterocycles. The minimum Gasteiger partial charge on any atom is -0.314 e. The van der Waals surface area contributed by atoms with Gasteiger partial charge in [-0.3, -0.25) is 4.90 Å². The number of likely N-dealkylation sites (tertiary alicyclic amines) is 1. The molecule has 20 heavy (non-hydrogen) atoms. The second-order valence-electron chi connectivity index (χ2n) is 5.92. The van der Waals surface area contributed by atoms with E-state index in [0.717, 1.165) is 37.2 Å². The Morgan fingerprint density at radius 3 is 2.90 bits per heavy atom. The van der Waals surface area contributed by atoms with E-state index in [1.165, 1.54) is 32.2 Å². The molecule has 2 aliphatic rings. The smallest absolute Gasteiger partial charge is 0.135 e. The van der Waals surface area contributed by atoms with Crippen molar-refractivity contribution in [2.24, 2.45) is 5.92 Å². The summed E-state index contributed by atoms with van der Waals surface area (Å²) < 4.78 is 0. The van der Waals surface area contributed by atoms with Crippen LogP contribution in [0.2, 0.25) is 10.3 Å². The van der Waals surface area contributed by atoms with Crippen molar-refractivity contribution in [3.8, 4) is 0 Å². The first-order chi connectivity index (χ1) is 9.72. The van der Waals surface area contributed by atoms with Crippen LogP contribution in [0.1, 0.15) is 31.2 Å². The lowest BCUT2D eigenvalue weighted by Gasteiger charge is -2.35. The summed E-state index contributed by atoms with van der Waals surface area (Å²) in [6.07, 6.45) is 5.29. The molecule has 2 atom stereocenters. The van der Waals surface area contributed by atoms with Gasteiger partial charge in [0.1, 0.15) is 10.3 Å². The molecular formula is C15H21Cl2N3. The number of pyridine rings is 1. The van der Waals surface area contributed by atoms with Crippen LogP contribution in [0.15, 0.2) is 12.1 Å². The monoisotopic (exact) mass is 313 g/mol. The van der Waals surface area contributed by atoms with Crippen LogP contribution < -0.4 is 5.32 Å². The van der Waals surface area contributed by atoms with Gasteiger partial charge < -0.3 is 5.32 Å². The number of aromatic nitrogens is 1. The summed E-state index contributed by atoms with van der Waals surface area (Å²) in [5, 5.41) is 4.65. The topological polar surface area (TPSA) is 28.2 Å². The third-order valence-corrected chi connectivity index (χ3v) is 5.03. The molecule has 0 amide bonds. The Hall–Kier alpha value is -0.350. The molecule has 2 unspecified atom stereocenters. The van der Waals surface area contributed by atoms with Crippen molar-refractivity contribution in [1.82, 2.24) is 15.2 Å². The maximum Gasteiger partial charge on any atom is 0.135 e. The summed E-state index contributed by atoms with van der Waals surface area (Å²) in [4.78, 5) is 6.63. The fourth-order valence-electron chi connectivity index (χ4n) is 3.48. The number of hydrogen-bond acceptors (Lipinski definition) is 3. The average Bonchev–Trinajstić information content (AvgIpc) is 2.96. The molecule has 3 heterocycles. The Labute approximate surface area is 130 Å². The summed E-state index contributed by atoms with van der Waals surface area (Å²) in [5.41, 5.74) is 1.08. The first kappa shape index (κ1) is 14.6. The van der Waals surface area contributed by atoms with Gasteiger partial charge in [0.2, 0.25) is 0 Å². The maximum atomic E-state index is 6.18. The van der Waals surface area contributed by atoms with Gasteiger partial charge in [-0.1, -0.05) is 29.3 Å². The van der Waals surface area contributed by atoms with Gasteiger partial charge in [0.15, 0.2) is 0 Å². The van der Waals surface area contributed by atoms with E-state index in [9.17, 15) is 0 Å². The van der Waals surface area contributed by atoms with Crippen LogP contribution in [0.5, 0.6) is 0 Å². The van der Waals surface area contributed by atoms with E-state index in [1.807, 2.05) is 12.1 Å². The predicted octanol–water partition coefficient (Wildman–Crippen LogP) is 3.35. The third-order valence-electron chi connectivity index (χ3n) is 4.50. The molecule has 2 fully saturated rings. The van der Waals surface area contributed by atoms with E-state index in [2.05, 4.69) is 15.2 Å². The molecule has 110 valence electrons. The van der Waals surface area contributed by atoms with Crippen LogP contribution in [0.3, 0.4) is 0 Å². The summed E-state index contributed by atoms with van der Waals surface area (Å²) >= 11 is 12.0. The molecule has 2 aliphatic heterocycles. The van der Waals surface area contributed by atoms with Crippen molar-refractivity contribution in [3.05, 3.63) is 28.0 Å². The minimum atomic E-state index is 0.463. The molecule has 0 aromatic carbocycles. The van der Waals surface area contributed by atoms with Crippen molar-refractivity contribution >= 4 is 23.2 Å². The highest BCUT2D eigenvalue weighted by Gasteiger charge is 2.29. The maximum absolute atomic E-state index is 6.18. The fraction of sp³-hybridized carbons (Fsp3) is 0.667. The minimum absolute atomic E-state index is 0.463. The van der Waals surface area contributed by atoms with E-state index in [1.54, 1.807) is 0 Å². The van der Waals surface area contributed by atoms with E-state index < -0.39 is 0 Å². The molecule has 3 nitrogen and oxygen atoms in total. The molecule has 3 rings (SSSR count). The molecule has 2 saturated heterocycles. The fourth-order valence-corrected chi connectivity index (χ4v) is 3.88. The van der Waals surface area contributed by atoms with Crippen molar-refractivity contribution < 1.29 is 0 Å². The van der Waals surface area contributed by atoms with Crippen LogP contribution >= 0.6 is 23.2 Å². The van der Waals surface area contributed by atoms with Crippen LogP contribution in [-0.2, 0) is 6.54 Å². The Morgan fingerprint density at radius 2 is 2.15 bits per heavy atom. The molecular weight excluding hydrogens is 293 g/mol. The molecule has 0 aliphatic carbocycles. The van der Waals surface area contributed by atoms with Crippen LogP contribution in [0.4, 0.5) is 0 Å². The van der Waals surface area contributed by atoms with Crippen LogP contribution in [0, 0.1) is 5.92 Å². The normalized spacial score (nSPS) is 27.9. The molecule has 1 aromatic rings. The Balaban J connectivity index is 1.62. The molecule has 0 spiro atoms. The van der Waals surface area contributed by atoms with Gasteiger partial charge in [0.25, 0.3) is 0 Å². The van der Waals surface area contributed by atoms with Gasteiger partial charge in [-0.25, -0.2) is 4.98 Å². The van der Waals surface area contributed by atoms with Crippen molar-refractivity contribution in [3.63, 3.8) is 0 Å². The largest absolute Gasteiger partial charge is 0.314 e. The number of piperidine rings is 1. The molecule has 0 saturated carbocycles. The van der Waals surface area contributed by atoms with E-state index in [-0.39, 0.29) is 0 Å². The van der Waals surface area contributed by atoms with Gasteiger partial charge in [-0.2, -0.15) is 0 Å². The standard InChI is InChI=1S/C15H21Cl2N3/c16-14-6-5-12(15(17)19-14)10-20-8-2-3-11(9-20)13-4-1-7-18-13/h5-6,11,13,18H,1-4,7-10H2. The van der Waals surface area contributed by atoms with E-state index >= 15 is 0 Å². The zero-order valence-electron chi connectivity index (χ0n) is 11.6. The summed E-state index contributed by atoms with van der Waals surface area (Å²) in [7, 11) is 0. The molecule has 0 radical (unpaired) electrons. The summed E-state index contributed by atoms with van der Waals surface area (Å²) in [6, 6.07) is 4.54. The van der Waals surface area contributed by atoms with Crippen LogP contribution in [-0.4, -0.2) is 35.6 Å². The highest BCUT2D eigenvalue weighted by molar-refractivity contribution is 6.32. The number of nitrogens with one attached hydrogen (secondary N) is 1. The van der Waals surface area contributed by atoms with Crippen molar-refractivity contribution in [2.75, 3.05) is 19.6 Å². The second kappa shape index (κ2) is 6.61. The average molecular weight is 314 g/mol. The Morgan fingerprint density at radius 1 is 1.25 bits per heavy atom. The second-order valence-corrected chi connectivity index (χ2v) is 6.67. The Kier molecular flexibility index (Phi) is 4.82. The van der Waals surface area contributed by atoms with E-state index in [0.29, 0.717) is 10.3 Å². The zero-order chi connectivity index (χ0) is 13.9. The van der Waals surface area contributed by atoms with Gasteiger partial charge in [0.05, 0.1) is 0 Å². The van der Waals surface area contributed by atoms with Crippen molar-refractivity contribution in [1.29, 1.82) is 0 Å². The molecule has 5 heteroatoms. The lowest BCUT2D eigenvalue weighted by Crippen LogP contribution is -2.43. The lowest BCUT2D eigenvalue weighted by atomic mass is 9.89. The summed E-state index contributed by atoms with van der Waals surface area (Å²) in [5.74, 6) is 0.783. The van der Waals surface area contributed by atoms with Gasteiger partial charge in [-0.15, -0.1) is 0 Å². The predicted molar refractivity (Wildman–Crippen MR) is 83.3 cm³/mol. The number of rotatable bonds is 3. The molecule has 1 N–H and O–H groups in total. The number of halogens is 2. The summed E-state index contributed by atoms with van der Waals surface area (Å²) in [6.45, 7) is 4.39. The first-order valence-corrected chi connectivity index (χ1v) is 8.24. The Bertz CT molecular complexity index is 460. The van der Waals surface area contributed by atoms with Crippen molar-refractivity contribution in [2.45, 2.75) is 38.3 Å². The highest BCUT2D eigenvalue weighted by atomic mass is 35.5. The SMILES string of the molecule is Clc1ccc(CN2CCCC(C3CCCN3)C2)c(Cl)n1.